The maximum Gasteiger partial charge on any atom is 0.227 e. The summed E-state index contributed by atoms with van der Waals surface area (Å²) in [4.78, 5) is 13.7. The second kappa shape index (κ2) is 5.12. The molecule has 1 aromatic carbocycles. The van der Waals surface area contributed by atoms with Crippen molar-refractivity contribution in [1.29, 1.82) is 0 Å². The predicted molar refractivity (Wildman–Crippen MR) is 77.5 cm³/mol. The molecule has 0 radical (unpaired) electrons. The Kier molecular flexibility index (Phi) is 3.95. The van der Waals surface area contributed by atoms with Crippen molar-refractivity contribution in [3.63, 3.8) is 0 Å². The van der Waals surface area contributed by atoms with Gasteiger partial charge in [-0.1, -0.05) is 17.7 Å². The van der Waals surface area contributed by atoms with Gasteiger partial charge in [0.15, 0.2) is 0 Å². The maximum absolute atomic E-state index is 11.9. The number of anilines is 1. The molecule has 1 saturated heterocycles. The average molecular weight is 379 g/mol. The Balaban J connectivity index is 2.41. The fraction of sp³-hybridized carbons (Fsp3) is 0.250. The van der Waals surface area contributed by atoms with Crippen LogP contribution in [-0.4, -0.2) is 12.5 Å². The van der Waals surface area contributed by atoms with Gasteiger partial charge in [-0.15, -0.1) is 6.58 Å². The largest absolute Gasteiger partial charge is 0.310 e. The number of carbonyl (C=O) groups excluding carboxylic acids is 1. The first-order valence-electron chi connectivity index (χ1n) is 5.10. The highest BCUT2D eigenvalue weighted by molar-refractivity contribution is 9.11. The molecule has 17 heavy (non-hydrogen) atoms. The number of nitrogens with zero attached hydrogens (tertiary/aromatic N) is 1. The highest BCUT2D eigenvalue weighted by atomic mass is 79.9. The molecule has 1 fully saturated rings. The lowest BCUT2D eigenvalue weighted by Gasteiger charge is -2.20. The highest BCUT2D eigenvalue weighted by Gasteiger charge is 2.31. The van der Waals surface area contributed by atoms with Crippen LogP contribution in [0.25, 0.3) is 0 Å². The van der Waals surface area contributed by atoms with Crippen molar-refractivity contribution in [2.45, 2.75) is 6.42 Å². The quantitative estimate of drug-likeness (QED) is 0.698. The normalized spacial score (nSPS) is 19.8. The smallest absolute Gasteiger partial charge is 0.227 e. The number of halogens is 3. The van der Waals surface area contributed by atoms with E-state index in [1.54, 1.807) is 17.0 Å². The molecule has 0 N–H and O–H groups in total. The highest BCUT2D eigenvalue weighted by Crippen LogP contribution is 2.39. The molecule has 0 saturated carbocycles. The van der Waals surface area contributed by atoms with Crippen LogP contribution in [0.2, 0.25) is 5.02 Å². The maximum atomic E-state index is 11.9. The molecule has 0 spiro atoms. The van der Waals surface area contributed by atoms with E-state index in [9.17, 15) is 4.79 Å². The minimum atomic E-state index is 0.110. The average Bonchev–Trinajstić information content (AvgIpc) is 2.59. The molecule has 5 heteroatoms. The second-order valence-electron chi connectivity index (χ2n) is 3.92. The Morgan fingerprint density at radius 2 is 2.00 bits per heavy atom. The molecule has 1 heterocycles. The van der Waals surface area contributed by atoms with Crippen molar-refractivity contribution in [3.8, 4) is 0 Å². The molecule has 1 aromatic rings. The Hall–Kier alpha value is -0.320. The van der Waals surface area contributed by atoms with E-state index < -0.39 is 0 Å². The van der Waals surface area contributed by atoms with Crippen LogP contribution in [0.3, 0.4) is 0 Å². The number of amides is 1. The molecule has 1 amide bonds. The van der Waals surface area contributed by atoms with Gasteiger partial charge < -0.3 is 4.90 Å². The van der Waals surface area contributed by atoms with Gasteiger partial charge in [-0.2, -0.15) is 0 Å². The predicted octanol–water partition coefficient (Wildman–Crippen LogP) is 4.40. The van der Waals surface area contributed by atoms with Crippen LogP contribution in [0.1, 0.15) is 6.42 Å². The third-order valence-electron chi connectivity index (χ3n) is 2.74. The molecular formula is C12H10Br2ClNO. The Morgan fingerprint density at radius 1 is 1.41 bits per heavy atom. The topological polar surface area (TPSA) is 20.3 Å². The first-order valence-corrected chi connectivity index (χ1v) is 7.06. The van der Waals surface area contributed by atoms with E-state index in [2.05, 4.69) is 38.4 Å². The zero-order chi connectivity index (χ0) is 12.6. The number of hydrogen-bond acceptors (Lipinski definition) is 1. The molecule has 0 aromatic heterocycles. The summed E-state index contributed by atoms with van der Waals surface area (Å²) in [6.07, 6.45) is 2.35. The van der Waals surface area contributed by atoms with Gasteiger partial charge in [-0.3, -0.25) is 4.79 Å². The van der Waals surface area contributed by atoms with Gasteiger partial charge >= 0.3 is 0 Å². The van der Waals surface area contributed by atoms with Crippen molar-refractivity contribution >= 4 is 55.1 Å². The van der Waals surface area contributed by atoms with Crippen molar-refractivity contribution in [3.05, 3.63) is 38.8 Å². The Morgan fingerprint density at radius 3 is 2.47 bits per heavy atom. The number of benzene rings is 1. The first kappa shape index (κ1) is 13.1. The third-order valence-corrected chi connectivity index (χ3v) is 4.17. The summed E-state index contributed by atoms with van der Waals surface area (Å²) in [5.41, 5.74) is 0.837. The van der Waals surface area contributed by atoms with Crippen LogP contribution >= 0.6 is 43.5 Å². The monoisotopic (exact) mass is 377 g/mol. The fourth-order valence-electron chi connectivity index (χ4n) is 1.90. The Labute approximate surface area is 122 Å². The fourth-order valence-corrected chi connectivity index (χ4v) is 4.00. The lowest BCUT2D eigenvalue weighted by atomic mass is 10.1. The summed E-state index contributed by atoms with van der Waals surface area (Å²) < 4.78 is 1.63. The van der Waals surface area contributed by atoms with E-state index in [1.807, 2.05) is 6.08 Å². The van der Waals surface area contributed by atoms with E-state index >= 15 is 0 Å². The van der Waals surface area contributed by atoms with Gasteiger partial charge in [0.25, 0.3) is 0 Å². The van der Waals surface area contributed by atoms with Gasteiger partial charge in [0.2, 0.25) is 5.91 Å². The summed E-state index contributed by atoms with van der Waals surface area (Å²) in [5.74, 6) is 0.329. The van der Waals surface area contributed by atoms with Gasteiger partial charge in [0.1, 0.15) is 0 Å². The number of rotatable bonds is 2. The molecular weight excluding hydrogens is 369 g/mol. The van der Waals surface area contributed by atoms with E-state index in [0.717, 1.165) is 14.6 Å². The van der Waals surface area contributed by atoms with Gasteiger partial charge in [-0.05, 0) is 44.0 Å². The van der Waals surface area contributed by atoms with Crippen molar-refractivity contribution in [2.75, 3.05) is 11.4 Å². The molecule has 0 aliphatic carbocycles. The summed E-state index contributed by atoms with van der Waals surface area (Å²) in [6, 6.07) is 3.58. The van der Waals surface area contributed by atoms with Gasteiger partial charge in [-0.25, -0.2) is 0 Å². The van der Waals surface area contributed by atoms with Crippen LogP contribution < -0.4 is 4.90 Å². The molecule has 90 valence electrons. The van der Waals surface area contributed by atoms with Crippen molar-refractivity contribution in [1.82, 2.24) is 0 Å². The molecule has 0 bridgehead atoms. The van der Waals surface area contributed by atoms with Gasteiger partial charge in [0, 0.05) is 32.9 Å². The van der Waals surface area contributed by atoms with Crippen LogP contribution in [0.4, 0.5) is 5.69 Å². The van der Waals surface area contributed by atoms with Crippen LogP contribution in [0.5, 0.6) is 0 Å². The second-order valence-corrected chi connectivity index (χ2v) is 6.07. The first-order chi connectivity index (χ1) is 8.02. The zero-order valence-corrected chi connectivity index (χ0v) is 12.8. The SMILES string of the molecule is C=CC1CC(=O)N(c2c(Br)cc(Cl)cc2Br)C1. The third kappa shape index (κ3) is 2.59. The minimum Gasteiger partial charge on any atom is -0.310 e. The summed E-state index contributed by atoms with van der Waals surface area (Å²) >= 11 is 12.8. The van der Waals surface area contributed by atoms with Crippen molar-refractivity contribution in [2.24, 2.45) is 5.92 Å². The lowest BCUT2D eigenvalue weighted by molar-refractivity contribution is -0.117. The van der Waals surface area contributed by atoms with Crippen LogP contribution in [0, 0.1) is 5.92 Å². The lowest BCUT2D eigenvalue weighted by Crippen LogP contribution is -2.25. The molecule has 2 rings (SSSR count). The van der Waals surface area contributed by atoms with Gasteiger partial charge in [0.05, 0.1) is 5.69 Å². The standard InChI is InChI=1S/C12H10Br2ClNO/c1-2-7-3-11(17)16(6-7)12-9(13)4-8(15)5-10(12)14/h2,4-5,7H,1,3,6H2. The van der Waals surface area contributed by atoms with Crippen LogP contribution in [-0.2, 0) is 4.79 Å². The zero-order valence-electron chi connectivity index (χ0n) is 8.92. The van der Waals surface area contributed by atoms with E-state index in [1.165, 1.54) is 0 Å². The summed E-state index contributed by atoms with van der Waals surface area (Å²) in [7, 11) is 0. The minimum absolute atomic E-state index is 0.110. The molecule has 2 nitrogen and oxygen atoms in total. The van der Waals surface area contributed by atoms with E-state index in [4.69, 9.17) is 11.6 Å². The number of carbonyl (C=O) groups is 1. The molecule has 1 aliphatic rings. The van der Waals surface area contributed by atoms with E-state index in [-0.39, 0.29) is 11.8 Å². The summed E-state index contributed by atoms with van der Waals surface area (Å²) in [5, 5.41) is 0.624. The van der Waals surface area contributed by atoms with Crippen molar-refractivity contribution < 1.29 is 4.79 Å². The summed E-state index contributed by atoms with van der Waals surface area (Å²) in [6.45, 7) is 4.41. The molecule has 1 atom stereocenters. The molecule has 1 unspecified atom stereocenters. The molecule has 1 aliphatic heterocycles. The van der Waals surface area contributed by atoms with Crippen LogP contribution in [0.15, 0.2) is 33.7 Å². The Bertz CT molecular complexity index is 466. The van der Waals surface area contributed by atoms with E-state index in [0.29, 0.717) is 18.0 Å². The number of hydrogen-bond donors (Lipinski definition) is 0.